The molecule has 4 rings (SSSR count). The molecule has 34 heavy (non-hydrogen) atoms. The molecular weight excluding hydrogens is 468 g/mol. The molecule has 3 aromatic rings. The lowest BCUT2D eigenvalue weighted by molar-refractivity contribution is -0.122. The highest BCUT2D eigenvalue weighted by atomic mass is 32.2. The largest absolute Gasteiger partial charge is 0.476 e. The number of amides is 1. The van der Waals surface area contributed by atoms with E-state index < -0.39 is 22.0 Å². The Balaban J connectivity index is 1.72. The maximum Gasteiger partial charge on any atom is 0.267 e. The second-order valence-electron chi connectivity index (χ2n) is 9.11. The Morgan fingerprint density at radius 1 is 1.03 bits per heavy atom. The number of ether oxygens (including phenoxy) is 1. The average molecular weight is 497 g/mol. The number of nitrogens with one attached hydrogen (secondary N) is 1. The first-order valence-electron chi connectivity index (χ1n) is 10.9. The average Bonchev–Trinajstić information content (AvgIpc) is 2.83. The summed E-state index contributed by atoms with van der Waals surface area (Å²) in [5.74, 6) is -0.0474. The topological polar surface area (TPSA) is 75.7 Å². The van der Waals surface area contributed by atoms with Crippen molar-refractivity contribution in [1.82, 2.24) is 0 Å². The van der Waals surface area contributed by atoms with Gasteiger partial charge in [-0.05, 0) is 59.7 Å². The Hall–Kier alpha value is -2.97. The van der Waals surface area contributed by atoms with Crippen LogP contribution in [0, 0.1) is 0 Å². The molecule has 0 fully saturated rings. The van der Waals surface area contributed by atoms with Gasteiger partial charge >= 0.3 is 0 Å². The summed E-state index contributed by atoms with van der Waals surface area (Å²) in [6.45, 7) is 6.06. The molecule has 1 atom stereocenters. The molecule has 0 aromatic heterocycles. The van der Waals surface area contributed by atoms with Gasteiger partial charge in [-0.2, -0.15) is 0 Å². The third kappa shape index (κ3) is 4.93. The van der Waals surface area contributed by atoms with Crippen molar-refractivity contribution in [2.75, 3.05) is 22.4 Å². The molecule has 0 saturated heterocycles. The van der Waals surface area contributed by atoms with Gasteiger partial charge in [-0.25, -0.2) is 8.42 Å². The number of sulfonamides is 1. The van der Waals surface area contributed by atoms with Gasteiger partial charge in [0.05, 0.1) is 17.1 Å². The van der Waals surface area contributed by atoms with E-state index in [4.69, 9.17) is 4.74 Å². The quantitative estimate of drug-likeness (QED) is 0.485. The molecule has 0 bridgehead atoms. The summed E-state index contributed by atoms with van der Waals surface area (Å²) < 4.78 is 34.6. The molecule has 1 heterocycles. The van der Waals surface area contributed by atoms with Gasteiger partial charge in [0.2, 0.25) is 0 Å². The molecule has 1 amide bonds. The number of anilines is 2. The fraction of sp³-hybridized carbons (Fsp3) is 0.269. The lowest BCUT2D eigenvalue weighted by atomic mass is 9.86. The van der Waals surface area contributed by atoms with Gasteiger partial charge in [-0.3, -0.25) is 9.10 Å². The first-order chi connectivity index (χ1) is 16.1. The number of hydrogen-bond donors (Lipinski definition) is 1. The summed E-state index contributed by atoms with van der Waals surface area (Å²) in [6.07, 6.45) is 0.949. The highest BCUT2D eigenvalue weighted by molar-refractivity contribution is 7.98. The van der Waals surface area contributed by atoms with Crippen LogP contribution in [0.2, 0.25) is 0 Å². The molecule has 1 aliphatic heterocycles. The predicted molar refractivity (Wildman–Crippen MR) is 137 cm³/mol. The van der Waals surface area contributed by atoms with Crippen molar-refractivity contribution in [3.63, 3.8) is 0 Å². The summed E-state index contributed by atoms with van der Waals surface area (Å²) in [7, 11) is -3.92. The Bertz CT molecular complexity index is 1300. The molecule has 1 unspecified atom stereocenters. The summed E-state index contributed by atoms with van der Waals surface area (Å²) in [5, 5.41) is 2.87. The van der Waals surface area contributed by atoms with Crippen molar-refractivity contribution in [2.45, 2.75) is 42.1 Å². The normalized spacial score (nSPS) is 15.9. The van der Waals surface area contributed by atoms with E-state index in [2.05, 4.69) is 26.1 Å². The van der Waals surface area contributed by atoms with Gasteiger partial charge in [0, 0.05) is 10.6 Å². The number of carbonyl (C=O) groups excluding carboxylic acids is 1. The molecule has 0 aliphatic carbocycles. The second kappa shape index (κ2) is 9.35. The highest BCUT2D eigenvalue weighted by Gasteiger charge is 2.38. The van der Waals surface area contributed by atoms with Gasteiger partial charge in [-0.1, -0.05) is 51.1 Å². The van der Waals surface area contributed by atoms with Crippen LogP contribution in [0.5, 0.6) is 5.75 Å². The van der Waals surface area contributed by atoms with Gasteiger partial charge in [0.25, 0.3) is 15.9 Å². The molecule has 178 valence electrons. The van der Waals surface area contributed by atoms with E-state index in [9.17, 15) is 13.2 Å². The minimum atomic E-state index is -3.92. The number of rotatable bonds is 5. The van der Waals surface area contributed by atoms with Crippen LogP contribution < -0.4 is 14.4 Å². The molecule has 3 aromatic carbocycles. The van der Waals surface area contributed by atoms with Crippen molar-refractivity contribution in [2.24, 2.45) is 0 Å². The van der Waals surface area contributed by atoms with Gasteiger partial charge in [0.1, 0.15) is 5.75 Å². The molecule has 1 aliphatic rings. The Morgan fingerprint density at radius 3 is 2.44 bits per heavy atom. The van der Waals surface area contributed by atoms with E-state index in [-0.39, 0.29) is 16.9 Å². The fourth-order valence-corrected chi connectivity index (χ4v) is 5.67. The second-order valence-corrected chi connectivity index (χ2v) is 11.9. The number of benzene rings is 3. The van der Waals surface area contributed by atoms with E-state index in [1.54, 1.807) is 54.2 Å². The van der Waals surface area contributed by atoms with Crippen molar-refractivity contribution >= 4 is 39.1 Å². The van der Waals surface area contributed by atoms with E-state index >= 15 is 0 Å². The molecule has 6 nitrogen and oxygen atoms in total. The van der Waals surface area contributed by atoms with Crippen LogP contribution >= 0.6 is 11.8 Å². The van der Waals surface area contributed by atoms with E-state index in [0.29, 0.717) is 17.1 Å². The van der Waals surface area contributed by atoms with Crippen LogP contribution in [0.3, 0.4) is 0 Å². The molecule has 0 radical (unpaired) electrons. The zero-order chi connectivity index (χ0) is 24.5. The zero-order valence-electron chi connectivity index (χ0n) is 19.6. The SMILES string of the molecule is CSc1cccc(NC(=O)C2CN(S(=O)(=O)c3ccccc3)c3cc(C(C)(C)C)ccc3O2)c1. The van der Waals surface area contributed by atoms with Gasteiger partial charge in [0.15, 0.2) is 6.10 Å². The molecule has 0 spiro atoms. The standard InChI is InChI=1S/C26H28N2O4S2/c1-26(2,3)18-13-14-23-22(15-18)28(34(30,31)21-11-6-5-7-12-21)17-24(32-23)25(29)27-19-9-8-10-20(16-19)33-4/h5-16,24H,17H2,1-4H3,(H,27,29). The maximum absolute atomic E-state index is 13.7. The van der Waals surface area contributed by atoms with Crippen molar-refractivity contribution < 1.29 is 17.9 Å². The van der Waals surface area contributed by atoms with Crippen LogP contribution in [0.15, 0.2) is 82.6 Å². The van der Waals surface area contributed by atoms with Crippen LogP contribution in [0.25, 0.3) is 0 Å². The number of nitrogens with zero attached hydrogens (tertiary/aromatic N) is 1. The van der Waals surface area contributed by atoms with Crippen LogP contribution in [-0.2, 0) is 20.2 Å². The summed E-state index contributed by atoms with van der Waals surface area (Å²) in [4.78, 5) is 14.3. The van der Waals surface area contributed by atoms with Gasteiger partial charge in [-0.15, -0.1) is 11.8 Å². The number of fused-ring (bicyclic) bond motifs is 1. The molecule has 1 N–H and O–H groups in total. The predicted octanol–water partition coefficient (Wildman–Crippen LogP) is 5.30. The van der Waals surface area contributed by atoms with Gasteiger partial charge < -0.3 is 10.1 Å². The first-order valence-corrected chi connectivity index (χ1v) is 13.6. The third-order valence-corrected chi connectivity index (χ3v) is 8.17. The molecule has 8 heteroatoms. The Kier molecular flexibility index (Phi) is 6.64. The van der Waals surface area contributed by atoms with E-state index in [1.807, 2.05) is 36.6 Å². The highest BCUT2D eigenvalue weighted by Crippen LogP contribution is 2.40. The van der Waals surface area contributed by atoms with Crippen molar-refractivity contribution in [3.05, 3.63) is 78.4 Å². The van der Waals surface area contributed by atoms with Crippen LogP contribution in [0.4, 0.5) is 11.4 Å². The number of thioether (sulfide) groups is 1. The smallest absolute Gasteiger partial charge is 0.267 e. The summed E-state index contributed by atoms with van der Waals surface area (Å²) in [5.41, 5.74) is 1.85. The summed E-state index contributed by atoms with van der Waals surface area (Å²) >= 11 is 1.57. The fourth-order valence-electron chi connectivity index (χ4n) is 3.73. The number of carbonyl (C=O) groups is 1. The minimum absolute atomic E-state index is 0.133. The van der Waals surface area contributed by atoms with Crippen molar-refractivity contribution in [3.8, 4) is 5.75 Å². The van der Waals surface area contributed by atoms with E-state index in [0.717, 1.165) is 10.5 Å². The van der Waals surface area contributed by atoms with Crippen LogP contribution in [0.1, 0.15) is 26.3 Å². The molecular formula is C26H28N2O4S2. The third-order valence-electron chi connectivity index (χ3n) is 5.66. The lowest BCUT2D eigenvalue weighted by Gasteiger charge is -2.36. The van der Waals surface area contributed by atoms with Crippen molar-refractivity contribution in [1.29, 1.82) is 0 Å². The van der Waals surface area contributed by atoms with E-state index in [1.165, 1.54) is 4.31 Å². The number of hydrogen-bond acceptors (Lipinski definition) is 5. The lowest BCUT2D eigenvalue weighted by Crippen LogP contribution is -2.49. The summed E-state index contributed by atoms with van der Waals surface area (Å²) in [6, 6.07) is 21.2. The Labute approximate surface area is 205 Å². The van der Waals surface area contributed by atoms with Crippen LogP contribution in [-0.4, -0.2) is 33.2 Å². The Morgan fingerprint density at radius 2 is 1.76 bits per heavy atom. The minimum Gasteiger partial charge on any atom is -0.476 e. The first kappa shape index (κ1) is 24.2. The maximum atomic E-state index is 13.7. The zero-order valence-corrected chi connectivity index (χ0v) is 21.2. The molecule has 0 saturated carbocycles. The monoisotopic (exact) mass is 496 g/mol.